The lowest BCUT2D eigenvalue weighted by atomic mass is 10.1. The Hall–Kier alpha value is -5.53. The Morgan fingerprint density at radius 3 is 1.79 bits per heavy atom. The van der Waals surface area contributed by atoms with E-state index in [4.69, 9.17) is 6.57 Å². The number of hydrogen-bond donors (Lipinski definition) is 0. The van der Waals surface area contributed by atoms with Crippen molar-refractivity contribution < 1.29 is 13.2 Å². The van der Waals surface area contributed by atoms with E-state index in [1.807, 2.05) is 78.9 Å². The lowest BCUT2D eigenvalue weighted by Crippen LogP contribution is -2.06. The zero-order chi connectivity index (χ0) is 26.8. The van der Waals surface area contributed by atoms with E-state index in [0.29, 0.717) is 11.0 Å². The van der Waals surface area contributed by atoms with Gasteiger partial charge in [0.15, 0.2) is 17.5 Å². The minimum absolute atomic E-state index is 0.487. The van der Waals surface area contributed by atoms with Gasteiger partial charge in [-0.2, -0.15) is 5.26 Å². The van der Waals surface area contributed by atoms with Crippen LogP contribution in [0.1, 0.15) is 5.56 Å². The van der Waals surface area contributed by atoms with E-state index in [2.05, 4.69) is 9.41 Å². The number of nitriles is 1. The van der Waals surface area contributed by atoms with Crippen LogP contribution in [0, 0.1) is 35.4 Å². The van der Waals surface area contributed by atoms with Gasteiger partial charge in [-0.1, -0.05) is 54.6 Å². The highest BCUT2D eigenvalue weighted by molar-refractivity contribution is 6.19. The maximum atomic E-state index is 15.6. The predicted octanol–water partition coefficient (Wildman–Crippen LogP) is 8.72. The SMILES string of the molecule is [C-]#[N+]c1c(F)c(F)c(F)c(-n2c3ccccc3c3cc4c5ccccc5n(-c5ccccc5)c4cc32)c1C#N. The molecule has 0 radical (unpaired) electrons. The summed E-state index contributed by atoms with van der Waals surface area (Å²) in [5, 5.41) is 13.4. The number of halogens is 3. The van der Waals surface area contributed by atoms with Gasteiger partial charge in [0.25, 0.3) is 0 Å². The van der Waals surface area contributed by atoms with Crippen molar-refractivity contribution in [3.8, 4) is 17.4 Å². The second-order valence-corrected chi connectivity index (χ2v) is 9.16. The number of aromatic nitrogens is 2. The second-order valence-electron chi connectivity index (χ2n) is 9.16. The normalized spacial score (nSPS) is 11.4. The van der Waals surface area contributed by atoms with Gasteiger partial charge in [0.2, 0.25) is 5.69 Å². The van der Waals surface area contributed by atoms with E-state index in [0.717, 1.165) is 38.3 Å². The minimum atomic E-state index is -1.79. The Labute approximate surface area is 219 Å². The van der Waals surface area contributed by atoms with Crippen molar-refractivity contribution in [1.82, 2.24) is 9.13 Å². The van der Waals surface area contributed by atoms with Gasteiger partial charge < -0.3 is 9.13 Å². The first-order valence-electron chi connectivity index (χ1n) is 12.0. The van der Waals surface area contributed by atoms with E-state index in [1.165, 1.54) is 4.57 Å². The molecule has 0 saturated heterocycles. The molecule has 7 aromatic rings. The van der Waals surface area contributed by atoms with Crippen LogP contribution in [0.5, 0.6) is 0 Å². The van der Waals surface area contributed by atoms with Crippen molar-refractivity contribution >= 4 is 49.3 Å². The molecular weight excluding hydrogens is 497 g/mol. The molecule has 0 bridgehead atoms. The van der Waals surface area contributed by atoms with E-state index in [-0.39, 0.29) is 0 Å². The topological polar surface area (TPSA) is 38.0 Å². The van der Waals surface area contributed by atoms with Crippen molar-refractivity contribution in [2.75, 3.05) is 0 Å². The highest BCUT2D eigenvalue weighted by Crippen LogP contribution is 2.42. The molecule has 39 heavy (non-hydrogen) atoms. The van der Waals surface area contributed by atoms with Crippen molar-refractivity contribution in [2.45, 2.75) is 0 Å². The predicted molar refractivity (Wildman–Crippen MR) is 146 cm³/mol. The fraction of sp³-hybridized carbons (Fsp3) is 0. The van der Waals surface area contributed by atoms with Crippen LogP contribution < -0.4 is 0 Å². The number of para-hydroxylation sites is 3. The average molecular weight is 512 g/mol. The number of fused-ring (bicyclic) bond motifs is 6. The van der Waals surface area contributed by atoms with Gasteiger partial charge in [0.1, 0.15) is 0 Å². The number of nitrogens with zero attached hydrogens (tertiary/aromatic N) is 4. The van der Waals surface area contributed by atoms with Crippen LogP contribution in [0.15, 0.2) is 91.0 Å². The Balaban J connectivity index is 1.73. The third-order valence-corrected chi connectivity index (χ3v) is 7.20. The van der Waals surface area contributed by atoms with Crippen LogP contribution >= 0.6 is 0 Å². The molecule has 0 unspecified atom stereocenters. The molecule has 0 amide bonds. The third-order valence-electron chi connectivity index (χ3n) is 7.20. The Morgan fingerprint density at radius 2 is 1.18 bits per heavy atom. The van der Waals surface area contributed by atoms with Crippen LogP contribution in [-0.4, -0.2) is 9.13 Å². The summed E-state index contributed by atoms with van der Waals surface area (Å²) in [6.07, 6.45) is 0. The molecule has 7 rings (SSSR count). The van der Waals surface area contributed by atoms with Gasteiger partial charge in [0, 0.05) is 27.2 Å². The molecule has 0 aliphatic heterocycles. The lowest BCUT2D eigenvalue weighted by molar-refractivity contribution is 0.448. The van der Waals surface area contributed by atoms with Crippen LogP contribution in [0.3, 0.4) is 0 Å². The van der Waals surface area contributed by atoms with Crippen LogP contribution in [0.2, 0.25) is 0 Å². The lowest BCUT2D eigenvalue weighted by Gasteiger charge is -2.14. The summed E-state index contributed by atoms with van der Waals surface area (Å²) in [7, 11) is 0. The van der Waals surface area contributed by atoms with Gasteiger partial charge in [0.05, 0.1) is 46.0 Å². The number of benzene rings is 5. The first-order chi connectivity index (χ1) is 19.0. The van der Waals surface area contributed by atoms with Crippen molar-refractivity contribution in [1.29, 1.82) is 5.26 Å². The summed E-state index contributed by atoms with van der Waals surface area (Å²) >= 11 is 0. The molecule has 184 valence electrons. The van der Waals surface area contributed by atoms with Gasteiger partial charge in [-0.15, -0.1) is 0 Å². The van der Waals surface area contributed by atoms with Crippen LogP contribution in [0.25, 0.3) is 59.8 Å². The van der Waals surface area contributed by atoms with Gasteiger partial charge >= 0.3 is 0 Å². The number of rotatable bonds is 2. The van der Waals surface area contributed by atoms with E-state index in [9.17, 15) is 14.0 Å². The standard InChI is InChI=1S/C32H15F3N4/c1-37-31-23(17-36)32(30(35)28(33)29(31)34)39-25-14-8-6-12-20(25)22-15-21-19-11-5-7-13-24(19)38(26(21)16-27(22)39)18-9-3-2-4-10-18/h2-16H. The maximum absolute atomic E-state index is 15.6. The molecule has 0 atom stereocenters. The largest absolute Gasteiger partial charge is 0.309 e. The maximum Gasteiger partial charge on any atom is 0.244 e. The average Bonchev–Trinajstić information content (AvgIpc) is 3.47. The quantitative estimate of drug-likeness (QED) is 0.169. The van der Waals surface area contributed by atoms with Gasteiger partial charge in [-0.25, -0.2) is 18.0 Å². The minimum Gasteiger partial charge on any atom is -0.309 e. The molecule has 0 aliphatic carbocycles. The smallest absolute Gasteiger partial charge is 0.244 e. The second kappa shape index (κ2) is 8.24. The Bertz CT molecular complexity index is 2230. The summed E-state index contributed by atoms with van der Waals surface area (Å²) < 4.78 is 48.4. The van der Waals surface area contributed by atoms with E-state index < -0.39 is 34.4 Å². The monoisotopic (exact) mass is 512 g/mol. The molecule has 4 nitrogen and oxygen atoms in total. The fourth-order valence-electron chi connectivity index (χ4n) is 5.58. The zero-order valence-electron chi connectivity index (χ0n) is 20.1. The summed E-state index contributed by atoms with van der Waals surface area (Å²) in [6, 6.07) is 30.5. The first kappa shape index (κ1) is 22.7. The van der Waals surface area contributed by atoms with Crippen molar-refractivity contribution in [2.24, 2.45) is 0 Å². The summed E-state index contributed by atoms with van der Waals surface area (Å²) in [6.45, 7) is 7.37. The molecule has 0 saturated carbocycles. The fourth-order valence-corrected chi connectivity index (χ4v) is 5.58. The van der Waals surface area contributed by atoms with Crippen molar-refractivity contribution in [3.05, 3.63) is 125 Å². The summed E-state index contributed by atoms with van der Waals surface area (Å²) in [4.78, 5) is 3.03. The van der Waals surface area contributed by atoms with Crippen LogP contribution in [0.4, 0.5) is 18.9 Å². The highest BCUT2D eigenvalue weighted by atomic mass is 19.2. The highest BCUT2D eigenvalue weighted by Gasteiger charge is 2.29. The summed E-state index contributed by atoms with van der Waals surface area (Å²) in [5.41, 5.74) is 1.77. The van der Waals surface area contributed by atoms with Gasteiger partial charge in [-0.05, 0) is 36.4 Å². The Morgan fingerprint density at radius 1 is 0.615 bits per heavy atom. The van der Waals surface area contributed by atoms with E-state index in [1.54, 1.807) is 18.2 Å². The molecule has 5 aromatic carbocycles. The molecule has 0 fully saturated rings. The Kier molecular flexibility index (Phi) is 4.79. The molecule has 2 heterocycles. The first-order valence-corrected chi connectivity index (χ1v) is 12.0. The zero-order valence-corrected chi connectivity index (χ0v) is 20.1. The van der Waals surface area contributed by atoms with Crippen molar-refractivity contribution in [3.63, 3.8) is 0 Å². The molecule has 0 aliphatic rings. The number of hydrogen-bond acceptors (Lipinski definition) is 1. The summed E-state index contributed by atoms with van der Waals surface area (Å²) in [5.74, 6) is -4.99. The molecule has 0 N–H and O–H groups in total. The van der Waals surface area contributed by atoms with E-state index >= 15 is 4.39 Å². The van der Waals surface area contributed by atoms with Crippen LogP contribution in [-0.2, 0) is 0 Å². The molecule has 0 spiro atoms. The third kappa shape index (κ3) is 2.99. The van der Waals surface area contributed by atoms with Gasteiger partial charge in [-0.3, -0.25) is 0 Å². The molecular formula is C32H15F3N4. The molecule has 2 aromatic heterocycles. The molecule has 7 heteroatoms.